The van der Waals surface area contributed by atoms with Gasteiger partial charge in [0, 0.05) is 24.2 Å². The molecule has 0 aromatic heterocycles. The number of rotatable bonds is 6. The van der Waals surface area contributed by atoms with Crippen LogP contribution in [0.5, 0.6) is 11.5 Å². The summed E-state index contributed by atoms with van der Waals surface area (Å²) in [5, 5.41) is 0. The molecule has 0 unspecified atom stereocenters. The van der Waals surface area contributed by atoms with Crippen molar-refractivity contribution < 1.29 is 19.0 Å². The van der Waals surface area contributed by atoms with Crippen LogP contribution in [0.15, 0.2) is 17.1 Å². The molecule has 5 nitrogen and oxygen atoms in total. The zero-order valence-electron chi connectivity index (χ0n) is 12.8. The third kappa shape index (κ3) is 3.54. The Hall–Kier alpha value is -2.04. The standard InChI is InChI=1S/C16H21NO4/c1-4-21-16(18)6-5-13-12-10-15(20-3)14(19-2)9-11(12)7-8-17-13/h9-10H,4-8H2,1-3H3. The summed E-state index contributed by atoms with van der Waals surface area (Å²) in [6, 6.07) is 3.94. The molecule has 0 bridgehead atoms. The minimum Gasteiger partial charge on any atom is -0.493 e. The fourth-order valence-electron chi connectivity index (χ4n) is 2.46. The highest BCUT2D eigenvalue weighted by Crippen LogP contribution is 2.33. The van der Waals surface area contributed by atoms with Crippen LogP contribution in [-0.2, 0) is 16.0 Å². The van der Waals surface area contributed by atoms with Crippen molar-refractivity contribution in [3.05, 3.63) is 23.3 Å². The van der Waals surface area contributed by atoms with E-state index < -0.39 is 0 Å². The van der Waals surface area contributed by atoms with Crippen molar-refractivity contribution in [2.75, 3.05) is 27.4 Å². The molecule has 0 spiro atoms. The van der Waals surface area contributed by atoms with E-state index in [0.717, 1.165) is 30.0 Å². The van der Waals surface area contributed by atoms with Crippen molar-refractivity contribution in [2.45, 2.75) is 26.2 Å². The van der Waals surface area contributed by atoms with E-state index in [-0.39, 0.29) is 5.97 Å². The monoisotopic (exact) mass is 291 g/mol. The van der Waals surface area contributed by atoms with Crippen molar-refractivity contribution in [3.8, 4) is 11.5 Å². The Morgan fingerprint density at radius 2 is 1.95 bits per heavy atom. The average Bonchev–Trinajstić information content (AvgIpc) is 2.51. The second-order valence-corrected chi connectivity index (χ2v) is 4.75. The molecule has 0 fully saturated rings. The van der Waals surface area contributed by atoms with E-state index in [2.05, 4.69) is 4.99 Å². The summed E-state index contributed by atoms with van der Waals surface area (Å²) in [4.78, 5) is 16.0. The minimum absolute atomic E-state index is 0.187. The van der Waals surface area contributed by atoms with E-state index in [1.807, 2.05) is 19.1 Å². The Morgan fingerprint density at radius 1 is 1.24 bits per heavy atom. The van der Waals surface area contributed by atoms with Gasteiger partial charge in [-0.05, 0) is 31.0 Å². The van der Waals surface area contributed by atoms with Gasteiger partial charge in [0.1, 0.15) is 0 Å². The van der Waals surface area contributed by atoms with Crippen LogP contribution >= 0.6 is 0 Å². The number of aliphatic imine (C=N–C) groups is 1. The summed E-state index contributed by atoms with van der Waals surface area (Å²) in [5.74, 6) is 1.22. The van der Waals surface area contributed by atoms with Gasteiger partial charge in [-0.3, -0.25) is 9.79 Å². The molecule has 1 aromatic rings. The summed E-state index contributed by atoms with van der Waals surface area (Å²) in [6.45, 7) is 2.95. The molecular weight excluding hydrogens is 270 g/mol. The maximum Gasteiger partial charge on any atom is 0.306 e. The molecule has 0 N–H and O–H groups in total. The second kappa shape index (κ2) is 7.11. The predicted molar refractivity (Wildman–Crippen MR) is 80.5 cm³/mol. The van der Waals surface area contributed by atoms with Gasteiger partial charge in [-0.25, -0.2) is 0 Å². The summed E-state index contributed by atoms with van der Waals surface area (Å²) in [5.41, 5.74) is 3.16. The van der Waals surface area contributed by atoms with E-state index in [9.17, 15) is 4.79 Å². The molecule has 0 saturated heterocycles. The number of benzene rings is 1. The molecule has 1 aliphatic rings. The third-order valence-corrected chi connectivity index (χ3v) is 3.48. The maximum absolute atomic E-state index is 11.5. The summed E-state index contributed by atoms with van der Waals surface area (Å²) in [6.07, 6.45) is 1.81. The second-order valence-electron chi connectivity index (χ2n) is 4.75. The van der Waals surface area contributed by atoms with E-state index >= 15 is 0 Å². The number of ether oxygens (including phenoxy) is 3. The highest BCUT2D eigenvalue weighted by atomic mass is 16.5. The molecule has 21 heavy (non-hydrogen) atoms. The third-order valence-electron chi connectivity index (χ3n) is 3.48. The van der Waals surface area contributed by atoms with Gasteiger partial charge >= 0.3 is 5.97 Å². The SMILES string of the molecule is CCOC(=O)CCC1=NCCc2cc(OC)c(OC)cc21. The van der Waals surface area contributed by atoms with Crippen LogP contribution < -0.4 is 9.47 Å². The minimum atomic E-state index is -0.187. The van der Waals surface area contributed by atoms with Crippen LogP contribution in [-0.4, -0.2) is 39.1 Å². The van der Waals surface area contributed by atoms with Gasteiger partial charge in [-0.15, -0.1) is 0 Å². The molecule has 5 heteroatoms. The number of nitrogens with zero attached hydrogens (tertiary/aromatic N) is 1. The fraction of sp³-hybridized carbons (Fsp3) is 0.500. The Morgan fingerprint density at radius 3 is 2.62 bits per heavy atom. The molecule has 1 aliphatic heterocycles. The lowest BCUT2D eigenvalue weighted by Crippen LogP contribution is -2.15. The van der Waals surface area contributed by atoms with Crippen LogP contribution in [0.4, 0.5) is 0 Å². The van der Waals surface area contributed by atoms with Crippen LogP contribution in [0.3, 0.4) is 0 Å². The maximum atomic E-state index is 11.5. The normalized spacial score (nSPS) is 13.2. The first-order valence-corrected chi connectivity index (χ1v) is 7.13. The summed E-state index contributed by atoms with van der Waals surface area (Å²) >= 11 is 0. The molecule has 114 valence electrons. The number of esters is 1. The lowest BCUT2D eigenvalue weighted by Gasteiger charge is -2.19. The topological polar surface area (TPSA) is 57.1 Å². The first kappa shape index (κ1) is 15.4. The zero-order chi connectivity index (χ0) is 15.2. The summed E-state index contributed by atoms with van der Waals surface area (Å²) < 4.78 is 15.6. The highest BCUT2D eigenvalue weighted by molar-refractivity contribution is 6.04. The molecular formula is C16H21NO4. The van der Waals surface area contributed by atoms with Gasteiger partial charge in [-0.1, -0.05) is 0 Å². The lowest BCUT2D eigenvalue weighted by atomic mass is 9.94. The predicted octanol–water partition coefficient (Wildman–Crippen LogP) is 2.39. The molecule has 0 radical (unpaired) electrons. The first-order valence-electron chi connectivity index (χ1n) is 7.13. The number of hydrogen-bond donors (Lipinski definition) is 0. The number of fused-ring (bicyclic) bond motifs is 1. The molecule has 0 aliphatic carbocycles. The van der Waals surface area contributed by atoms with Crippen LogP contribution in [0.2, 0.25) is 0 Å². The van der Waals surface area contributed by atoms with Gasteiger partial charge in [0.25, 0.3) is 0 Å². The van der Waals surface area contributed by atoms with Crippen LogP contribution in [0, 0.1) is 0 Å². The number of hydrogen-bond acceptors (Lipinski definition) is 5. The van der Waals surface area contributed by atoms with Gasteiger partial charge in [0.15, 0.2) is 11.5 Å². The molecule has 0 amide bonds. The van der Waals surface area contributed by atoms with E-state index in [1.54, 1.807) is 14.2 Å². The summed E-state index contributed by atoms with van der Waals surface area (Å²) in [7, 11) is 3.24. The Bertz CT molecular complexity index is 551. The van der Waals surface area contributed by atoms with Crippen molar-refractivity contribution >= 4 is 11.7 Å². The number of methoxy groups -OCH3 is 2. The van der Waals surface area contributed by atoms with Crippen LogP contribution in [0.1, 0.15) is 30.9 Å². The largest absolute Gasteiger partial charge is 0.493 e. The van der Waals surface area contributed by atoms with Gasteiger partial charge in [-0.2, -0.15) is 0 Å². The van der Waals surface area contributed by atoms with Gasteiger partial charge < -0.3 is 14.2 Å². The molecule has 1 aromatic carbocycles. The Labute approximate surface area is 124 Å². The molecule has 1 heterocycles. The van der Waals surface area contributed by atoms with Crippen molar-refractivity contribution in [1.29, 1.82) is 0 Å². The van der Waals surface area contributed by atoms with Crippen molar-refractivity contribution in [3.63, 3.8) is 0 Å². The van der Waals surface area contributed by atoms with Crippen LogP contribution in [0.25, 0.3) is 0 Å². The molecule has 0 atom stereocenters. The van der Waals surface area contributed by atoms with E-state index in [4.69, 9.17) is 14.2 Å². The molecule has 0 saturated carbocycles. The Kier molecular flexibility index (Phi) is 5.20. The fourth-order valence-corrected chi connectivity index (χ4v) is 2.46. The Balaban J connectivity index is 2.20. The van der Waals surface area contributed by atoms with Crippen molar-refractivity contribution in [2.24, 2.45) is 4.99 Å². The van der Waals surface area contributed by atoms with Gasteiger partial charge in [0.05, 0.1) is 27.2 Å². The average molecular weight is 291 g/mol. The quantitative estimate of drug-likeness (QED) is 0.755. The highest BCUT2D eigenvalue weighted by Gasteiger charge is 2.19. The smallest absolute Gasteiger partial charge is 0.306 e. The first-order chi connectivity index (χ1) is 10.2. The zero-order valence-corrected chi connectivity index (χ0v) is 12.8. The van der Waals surface area contributed by atoms with E-state index in [1.165, 1.54) is 5.56 Å². The van der Waals surface area contributed by atoms with Crippen molar-refractivity contribution in [1.82, 2.24) is 0 Å². The molecule has 2 rings (SSSR count). The number of carbonyl (C=O) groups excluding carboxylic acids is 1. The van der Waals surface area contributed by atoms with Gasteiger partial charge in [0.2, 0.25) is 0 Å². The number of carbonyl (C=O) groups is 1. The lowest BCUT2D eigenvalue weighted by molar-refractivity contribution is -0.142. The van der Waals surface area contributed by atoms with E-state index in [0.29, 0.717) is 25.2 Å².